The summed E-state index contributed by atoms with van der Waals surface area (Å²) in [5, 5.41) is 12.4. The molecule has 6 nitrogen and oxygen atoms in total. The van der Waals surface area contributed by atoms with Crippen molar-refractivity contribution in [3.05, 3.63) is 96.1 Å². The minimum Gasteiger partial charge on any atom is -0.444 e. The Balaban J connectivity index is 1.48. The van der Waals surface area contributed by atoms with Gasteiger partial charge in [0.05, 0.1) is 0 Å². The van der Waals surface area contributed by atoms with Crippen LogP contribution in [0.2, 0.25) is 0 Å². The van der Waals surface area contributed by atoms with E-state index in [4.69, 9.17) is 4.74 Å². The first kappa shape index (κ1) is 19.3. The van der Waals surface area contributed by atoms with Gasteiger partial charge in [-0.1, -0.05) is 90.6 Å². The molecule has 1 aromatic heterocycles. The summed E-state index contributed by atoms with van der Waals surface area (Å²) in [5.41, 5.74) is 3.77. The first-order valence-corrected chi connectivity index (χ1v) is 10.8. The Labute approximate surface area is 183 Å². The normalized spacial score (nSPS) is 14.4. The zero-order valence-electron chi connectivity index (χ0n) is 16.4. The number of nitrogens with zero attached hydrogens (tertiary/aromatic N) is 3. The molecule has 1 unspecified atom stereocenters. The quantitative estimate of drug-likeness (QED) is 0.361. The van der Waals surface area contributed by atoms with Gasteiger partial charge in [-0.2, -0.15) is 4.98 Å². The Morgan fingerprint density at radius 1 is 0.903 bits per heavy atom. The van der Waals surface area contributed by atoms with Gasteiger partial charge in [-0.05, 0) is 11.6 Å². The van der Waals surface area contributed by atoms with Crippen molar-refractivity contribution in [2.24, 2.45) is 0 Å². The van der Waals surface area contributed by atoms with Crippen molar-refractivity contribution in [3.8, 4) is 17.1 Å². The van der Waals surface area contributed by atoms with Crippen LogP contribution in [0.15, 0.2) is 90.1 Å². The van der Waals surface area contributed by atoms with Crippen LogP contribution in [0, 0.1) is 0 Å². The van der Waals surface area contributed by atoms with Crippen LogP contribution in [0.3, 0.4) is 0 Å². The van der Waals surface area contributed by atoms with Gasteiger partial charge in [0.15, 0.2) is 5.69 Å². The van der Waals surface area contributed by atoms with E-state index in [9.17, 15) is 4.79 Å². The molecule has 1 atom stereocenters. The highest BCUT2D eigenvalue weighted by Crippen LogP contribution is 2.36. The van der Waals surface area contributed by atoms with E-state index in [0.717, 1.165) is 16.8 Å². The fourth-order valence-corrected chi connectivity index (χ4v) is 4.04. The minimum atomic E-state index is -0.923. The smallest absolute Gasteiger partial charge is 0.247 e. The number of fused-ring (bicyclic) bond motifs is 3. The molecule has 0 aliphatic carbocycles. The van der Waals surface area contributed by atoms with Gasteiger partial charge >= 0.3 is 0 Å². The van der Waals surface area contributed by atoms with Crippen molar-refractivity contribution in [1.82, 2.24) is 15.2 Å². The number of thioether (sulfide) groups is 1. The van der Waals surface area contributed by atoms with Gasteiger partial charge in [-0.3, -0.25) is 4.79 Å². The van der Waals surface area contributed by atoms with Crippen molar-refractivity contribution < 1.29 is 9.53 Å². The molecular formula is C24H18N4O2S. The monoisotopic (exact) mass is 426 g/mol. The Bertz CT molecular complexity index is 1220. The fourth-order valence-electron chi connectivity index (χ4n) is 3.30. The van der Waals surface area contributed by atoms with Gasteiger partial charge < -0.3 is 10.1 Å². The third kappa shape index (κ3) is 4.13. The Morgan fingerprint density at radius 2 is 1.61 bits per heavy atom. The van der Waals surface area contributed by atoms with Crippen LogP contribution in [-0.4, -0.2) is 27.2 Å². The number of carbonyl (C=O) groups excluding carboxylic acids is 1. The van der Waals surface area contributed by atoms with E-state index in [-0.39, 0.29) is 11.7 Å². The number of Topliss-reactive ketones (excluding diaryl/α,β-unsaturated/α-hetero) is 1. The third-order valence-corrected chi connectivity index (χ3v) is 5.75. The molecule has 0 saturated heterocycles. The lowest BCUT2D eigenvalue weighted by Crippen LogP contribution is -2.35. The molecule has 1 aliphatic heterocycles. The first-order valence-electron chi connectivity index (χ1n) is 9.81. The van der Waals surface area contributed by atoms with Crippen LogP contribution in [0.1, 0.15) is 15.9 Å². The molecule has 0 spiro atoms. The fraction of sp³-hybridized carbons (Fsp3) is 0.0833. The van der Waals surface area contributed by atoms with Crippen LogP contribution in [0.4, 0.5) is 5.69 Å². The second-order valence-corrected chi connectivity index (χ2v) is 7.88. The standard InChI is InChI=1S/C24H18N4O2S/c29-21(17-11-5-2-6-12-17)23-25-19-14-8-7-13-18(19)20-22(30-23)26-24(28-27-20)31-15-16-9-3-1-4-10-16/h1-14,23,25H,15H2. The number of carbonyl (C=O) groups is 1. The maximum atomic E-state index is 13.1. The van der Waals surface area contributed by atoms with E-state index in [1.165, 1.54) is 11.8 Å². The zero-order valence-corrected chi connectivity index (χ0v) is 17.3. The number of ketones is 1. The number of aromatic nitrogens is 3. The predicted molar refractivity (Wildman–Crippen MR) is 120 cm³/mol. The van der Waals surface area contributed by atoms with Crippen LogP contribution < -0.4 is 10.1 Å². The number of hydrogen-bond acceptors (Lipinski definition) is 7. The average Bonchev–Trinajstić information content (AvgIpc) is 3.00. The maximum Gasteiger partial charge on any atom is 0.247 e. The molecule has 4 aromatic rings. The van der Waals surface area contributed by atoms with Crippen LogP contribution >= 0.6 is 11.8 Å². The van der Waals surface area contributed by atoms with Gasteiger partial charge in [-0.25, -0.2) is 0 Å². The number of rotatable bonds is 5. The van der Waals surface area contributed by atoms with E-state index in [0.29, 0.717) is 22.2 Å². The SMILES string of the molecule is O=C(c1ccccc1)C1Nc2ccccc2-c2nnc(SCc3ccccc3)nc2O1. The summed E-state index contributed by atoms with van der Waals surface area (Å²) < 4.78 is 6.06. The molecule has 3 aromatic carbocycles. The molecule has 2 heterocycles. The zero-order chi connectivity index (χ0) is 21.0. The van der Waals surface area contributed by atoms with Crippen molar-refractivity contribution in [2.75, 3.05) is 5.32 Å². The van der Waals surface area contributed by atoms with Gasteiger partial charge in [0.25, 0.3) is 0 Å². The highest BCUT2D eigenvalue weighted by Gasteiger charge is 2.30. The maximum absolute atomic E-state index is 13.1. The summed E-state index contributed by atoms with van der Waals surface area (Å²) in [6, 6.07) is 26.7. The number of para-hydroxylation sites is 1. The number of anilines is 1. The molecular weight excluding hydrogens is 408 g/mol. The van der Waals surface area contributed by atoms with E-state index < -0.39 is 6.23 Å². The predicted octanol–water partition coefficient (Wildman–Crippen LogP) is 4.84. The highest BCUT2D eigenvalue weighted by atomic mass is 32.2. The summed E-state index contributed by atoms with van der Waals surface area (Å²) in [7, 11) is 0. The lowest BCUT2D eigenvalue weighted by Gasteiger charge is -2.17. The number of ether oxygens (including phenoxy) is 1. The van der Waals surface area contributed by atoms with Gasteiger partial charge in [0.2, 0.25) is 23.0 Å². The third-order valence-electron chi connectivity index (χ3n) is 4.84. The summed E-state index contributed by atoms with van der Waals surface area (Å²) in [5.74, 6) is 0.820. The second-order valence-electron chi connectivity index (χ2n) is 6.94. The van der Waals surface area contributed by atoms with Crippen molar-refractivity contribution in [2.45, 2.75) is 17.1 Å². The summed E-state index contributed by atoms with van der Waals surface area (Å²) in [6.07, 6.45) is -0.923. The van der Waals surface area contributed by atoms with Gasteiger partial charge in [0, 0.05) is 22.6 Å². The number of benzene rings is 3. The van der Waals surface area contributed by atoms with E-state index in [1.807, 2.05) is 60.7 Å². The molecule has 1 N–H and O–H groups in total. The minimum absolute atomic E-state index is 0.180. The Hall–Kier alpha value is -3.71. The lowest BCUT2D eigenvalue weighted by atomic mass is 10.1. The molecule has 0 amide bonds. The lowest BCUT2D eigenvalue weighted by molar-refractivity contribution is 0.0823. The number of nitrogens with one attached hydrogen (secondary N) is 1. The van der Waals surface area contributed by atoms with Crippen LogP contribution in [-0.2, 0) is 5.75 Å². The molecule has 152 valence electrons. The summed E-state index contributed by atoms with van der Waals surface area (Å²) in [6.45, 7) is 0. The largest absolute Gasteiger partial charge is 0.444 e. The first-order chi connectivity index (χ1) is 15.3. The molecule has 5 rings (SSSR count). The summed E-state index contributed by atoms with van der Waals surface area (Å²) in [4.78, 5) is 17.7. The van der Waals surface area contributed by atoms with E-state index >= 15 is 0 Å². The van der Waals surface area contributed by atoms with Crippen LogP contribution in [0.25, 0.3) is 11.3 Å². The molecule has 0 saturated carbocycles. The Kier molecular flexibility index (Phi) is 5.33. The van der Waals surface area contributed by atoms with Crippen molar-refractivity contribution >= 4 is 23.2 Å². The van der Waals surface area contributed by atoms with Crippen LogP contribution in [0.5, 0.6) is 5.88 Å². The number of hydrogen-bond donors (Lipinski definition) is 1. The van der Waals surface area contributed by atoms with Gasteiger partial charge in [-0.15, -0.1) is 10.2 Å². The molecule has 1 aliphatic rings. The Morgan fingerprint density at radius 3 is 2.42 bits per heavy atom. The topological polar surface area (TPSA) is 77.0 Å². The molecule has 0 bridgehead atoms. The molecule has 31 heavy (non-hydrogen) atoms. The highest BCUT2D eigenvalue weighted by molar-refractivity contribution is 7.98. The second kappa shape index (κ2) is 8.57. The van der Waals surface area contributed by atoms with Crippen molar-refractivity contribution in [1.29, 1.82) is 0 Å². The molecule has 0 fully saturated rings. The van der Waals surface area contributed by atoms with E-state index in [1.54, 1.807) is 12.1 Å². The summed E-state index contributed by atoms with van der Waals surface area (Å²) >= 11 is 1.47. The molecule has 0 radical (unpaired) electrons. The van der Waals surface area contributed by atoms with Crippen molar-refractivity contribution in [3.63, 3.8) is 0 Å². The van der Waals surface area contributed by atoms with E-state index in [2.05, 4.69) is 32.6 Å². The molecule has 7 heteroatoms. The average molecular weight is 427 g/mol. The van der Waals surface area contributed by atoms with Gasteiger partial charge in [0.1, 0.15) is 0 Å².